The van der Waals surface area contributed by atoms with E-state index >= 15 is 0 Å². The highest BCUT2D eigenvalue weighted by Crippen LogP contribution is 2.41. The van der Waals surface area contributed by atoms with E-state index in [1.54, 1.807) is 12.1 Å². The molecule has 3 rings (SSSR count). The molecular weight excluding hydrogens is 268 g/mol. The molecule has 0 bridgehead atoms. The number of nitrogens with zero attached hydrogens (tertiary/aromatic N) is 2. The number of benzene rings is 1. The van der Waals surface area contributed by atoms with Crippen molar-refractivity contribution in [3.63, 3.8) is 0 Å². The third-order valence-corrected chi connectivity index (χ3v) is 4.00. The van der Waals surface area contributed by atoms with Gasteiger partial charge in [-0.05, 0) is 25.0 Å². The Morgan fingerprint density at radius 3 is 2.71 bits per heavy atom. The van der Waals surface area contributed by atoms with Gasteiger partial charge in [0.15, 0.2) is 0 Å². The molecule has 1 aromatic heterocycles. The number of rotatable bonds is 5. The molecule has 1 aliphatic carbocycles. The molecule has 0 amide bonds. The van der Waals surface area contributed by atoms with Crippen LogP contribution in [0.5, 0.6) is 0 Å². The third-order valence-electron chi connectivity index (χ3n) is 4.00. The van der Waals surface area contributed by atoms with Crippen molar-refractivity contribution in [3.8, 4) is 0 Å². The SMILES string of the molecule is CC(C)(CO)Cn1c(C2CC2)nc2c(C(=O)O)cccc21. The molecule has 0 spiro atoms. The Morgan fingerprint density at radius 1 is 1.43 bits per heavy atom. The molecular formula is C16H20N2O3. The molecule has 21 heavy (non-hydrogen) atoms. The fourth-order valence-electron chi connectivity index (χ4n) is 2.63. The molecule has 0 saturated heterocycles. The van der Waals surface area contributed by atoms with Gasteiger partial charge in [0.2, 0.25) is 0 Å². The summed E-state index contributed by atoms with van der Waals surface area (Å²) in [5.41, 5.74) is 1.38. The van der Waals surface area contributed by atoms with Crippen LogP contribution in [0.3, 0.4) is 0 Å². The number of aliphatic hydroxyl groups excluding tert-OH is 1. The molecule has 1 saturated carbocycles. The van der Waals surface area contributed by atoms with Crippen LogP contribution < -0.4 is 0 Å². The molecule has 5 heteroatoms. The van der Waals surface area contributed by atoms with E-state index in [0.29, 0.717) is 18.0 Å². The van der Waals surface area contributed by atoms with Crippen molar-refractivity contribution >= 4 is 17.0 Å². The quantitative estimate of drug-likeness (QED) is 0.887. The van der Waals surface area contributed by atoms with E-state index in [9.17, 15) is 15.0 Å². The standard InChI is InChI=1S/C16H20N2O3/c1-16(2,9-19)8-18-12-5-3-4-11(15(20)21)13(12)17-14(18)10-6-7-10/h3-5,10,19H,6-9H2,1-2H3,(H,20,21). The lowest BCUT2D eigenvalue weighted by Crippen LogP contribution is -2.24. The van der Waals surface area contributed by atoms with Crippen molar-refractivity contribution in [2.45, 2.75) is 39.2 Å². The largest absolute Gasteiger partial charge is 0.478 e. The molecule has 0 unspecified atom stereocenters. The fraction of sp³-hybridized carbons (Fsp3) is 0.500. The summed E-state index contributed by atoms with van der Waals surface area (Å²) in [5.74, 6) is 0.433. The minimum atomic E-state index is -0.950. The van der Waals surface area contributed by atoms with Gasteiger partial charge in [-0.15, -0.1) is 0 Å². The highest BCUT2D eigenvalue weighted by molar-refractivity contribution is 6.01. The van der Waals surface area contributed by atoms with Gasteiger partial charge in [0.05, 0.1) is 11.1 Å². The molecule has 0 radical (unpaired) electrons. The zero-order valence-electron chi connectivity index (χ0n) is 12.3. The van der Waals surface area contributed by atoms with Crippen LogP contribution in [0, 0.1) is 5.41 Å². The maximum absolute atomic E-state index is 11.4. The molecule has 2 N–H and O–H groups in total. The Kier molecular flexibility index (Phi) is 3.24. The highest BCUT2D eigenvalue weighted by Gasteiger charge is 2.32. The van der Waals surface area contributed by atoms with Crippen LogP contribution in [-0.4, -0.2) is 32.3 Å². The number of imidazole rings is 1. The van der Waals surface area contributed by atoms with E-state index in [-0.39, 0.29) is 17.6 Å². The predicted molar refractivity (Wildman–Crippen MR) is 79.5 cm³/mol. The number of aromatic nitrogens is 2. The number of fused-ring (bicyclic) bond motifs is 1. The second-order valence-electron chi connectivity index (χ2n) is 6.63. The van der Waals surface area contributed by atoms with E-state index in [0.717, 1.165) is 24.2 Å². The van der Waals surface area contributed by atoms with E-state index in [4.69, 9.17) is 0 Å². The normalized spacial score (nSPS) is 15.6. The number of aromatic carboxylic acids is 1. The zero-order chi connectivity index (χ0) is 15.2. The van der Waals surface area contributed by atoms with Crippen LogP contribution in [0.25, 0.3) is 11.0 Å². The van der Waals surface area contributed by atoms with E-state index in [1.807, 2.05) is 19.9 Å². The van der Waals surface area contributed by atoms with Crippen LogP contribution in [0.2, 0.25) is 0 Å². The van der Waals surface area contributed by atoms with Crippen LogP contribution in [0.1, 0.15) is 48.8 Å². The Bertz CT molecular complexity index is 699. The van der Waals surface area contributed by atoms with Crippen molar-refractivity contribution in [1.82, 2.24) is 9.55 Å². The molecule has 1 aromatic carbocycles. The van der Waals surface area contributed by atoms with Gasteiger partial charge in [-0.25, -0.2) is 9.78 Å². The topological polar surface area (TPSA) is 75.3 Å². The minimum absolute atomic E-state index is 0.0788. The first-order valence-electron chi connectivity index (χ1n) is 7.26. The average molecular weight is 288 g/mol. The lowest BCUT2D eigenvalue weighted by molar-refractivity contribution is 0.0699. The van der Waals surface area contributed by atoms with Crippen LogP contribution in [0.15, 0.2) is 18.2 Å². The Hall–Kier alpha value is -1.88. The Balaban J connectivity index is 2.18. The number of hydrogen-bond acceptors (Lipinski definition) is 3. The van der Waals surface area contributed by atoms with Crippen molar-refractivity contribution in [1.29, 1.82) is 0 Å². The lowest BCUT2D eigenvalue weighted by atomic mass is 9.94. The number of para-hydroxylation sites is 1. The molecule has 0 atom stereocenters. The third kappa shape index (κ3) is 2.53. The maximum Gasteiger partial charge on any atom is 0.337 e. The highest BCUT2D eigenvalue weighted by atomic mass is 16.4. The van der Waals surface area contributed by atoms with Crippen molar-refractivity contribution in [2.24, 2.45) is 5.41 Å². The summed E-state index contributed by atoms with van der Waals surface area (Å²) in [5, 5.41) is 18.9. The predicted octanol–water partition coefficient (Wildman–Crippen LogP) is 2.63. The fourth-order valence-corrected chi connectivity index (χ4v) is 2.63. The Morgan fingerprint density at radius 2 is 2.14 bits per heavy atom. The van der Waals surface area contributed by atoms with Gasteiger partial charge in [0.25, 0.3) is 0 Å². The summed E-state index contributed by atoms with van der Waals surface area (Å²) in [6.45, 7) is 4.71. The minimum Gasteiger partial charge on any atom is -0.478 e. The van der Waals surface area contributed by atoms with E-state index in [1.165, 1.54) is 0 Å². The summed E-state index contributed by atoms with van der Waals surface area (Å²) in [6.07, 6.45) is 2.20. The van der Waals surface area contributed by atoms with Crippen LogP contribution in [-0.2, 0) is 6.54 Å². The Labute approximate surface area is 123 Å². The molecule has 1 heterocycles. The second-order valence-corrected chi connectivity index (χ2v) is 6.63. The monoisotopic (exact) mass is 288 g/mol. The van der Waals surface area contributed by atoms with Gasteiger partial charge in [0, 0.05) is 24.5 Å². The second kappa shape index (κ2) is 4.84. The van der Waals surface area contributed by atoms with Crippen LogP contribution in [0.4, 0.5) is 0 Å². The molecule has 1 fully saturated rings. The number of carboxylic acid groups (broad SMARTS) is 1. The van der Waals surface area contributed by atoms with Gasteiger partial charge in [0.1, 0.15) is 11.3 Å². The van der Waals surface area contributed by atoms with Gasteiger partial charge < -0.3 is 14.8 Å². The smallest absolute Gasteiger partial charge is 0.337 e. The van der Waals surface area contributed by atoms with Crippen molar-refractivity contribution < 1.29 is 15.0 Å². The summed E-state index contributed by atoms with van der Waals surface area (Å²) in [6, 6.07) is 5.26. The maximum atomic E-state index is 11.4. The number of carbonyl (C=O) groups is 1. The van der Waals surface area contributed by atoms with Gasteiger partial charge in [-0.1, -0.05) is 19.9 Å². The van der Waals surface area contributed by atoms with Gasteiger partial charge >= 0.3 is 5.97 Å². The first-order valence-corrected chi connectivity index (χ1v) is 7.26. The molecule has 1 aliphatic rings. The van der Waals surface area contributed by atoms with Crippen LogP contribution >= 0.6 is 0 Å². The first kappa shape index (κ1) is 14.1. The first-order chi connectivity index (χ1) is 9.93. The summed E-state index contributed by atoms with van der Waals surface area (Å²) < 4.78 is 2.09. The molecule has 5 nitrogen and oxygen atoms in total. The van der Waals surface area contributed by atoms with Crippen molar-refractivity contribution in [2.75, 3.05) is 6.61 Å². The zero-order valence-corrected chi connectivity index (χ0v) is 12.3. The summed E-state index contributed by atoms with van der Waals surface area (Å²) in [7, 11) is 0. The van der Waals surface area contributed by atoms with E-state index in [2.05, 4.69) is 9.55 Å². The average Bonchev–Trinajstić information content (AvgIpc) is 3.22. The van der Waals surface area contributed by atoms with E-state index < -0.39 is 5.97 Å². The van der Waals surface area contributed by atoms with Gasteiger partial charge in [-0.3, -0.25) is 0 Å². The molecule has 112 valence electrons. The number of carboxylic acids is 1. The summed E-state index contributed by atoms with van der Waals surface area (Å²) in [4.78, 5) is 16.0. The summed E-state index contributed by atoms with van der Waals surface area (Å²) >= 11 is 0. The number of aliphatic hydroxyl groups is 1. The molecule has 0 aliphatic heterocycles. The lowest BCUT2D eigenvalue weighted by Gasteiger charge is -2.24. The van der Waals surface area contributed by atoms with Gasteiger partial charge in [-0.2, -0.15) is 0 Å². The molecule has 2 aromatic rings. The van der Waals surface area contributed by atoms with Crippen molar-refractivity contribution in [3.05, 3.63) is 29.6 Å². The number of hydrogen-bond donors (Lipinski definition) is 2.